The molecule has 1 amide bonds. The van der Waals surface area contributed by atoms with Gasteiger partial charge < -0.3 is 19.9 Å². The van der Waals surface area contributed by atoms with E-state index in [9.17, 15) is 20.0 Å². The number of benzene rings is 2. The first-order valence-corrected chi connectivity index (χ1v) is 8.73. The number of ether oxygens (including phenoxy) is 2. The number of carbonyl (C=O) groups is 1. The summed E-state index contributed by atoms with van der Waals surface area (Å²) in [5.74, 6) is -0.104. The molecule has 0 spiro atoms. The van der Waals surface area contributed by atoms with Crippen LogP contribution in [-0.4, -0.2) is 41.9 Å². The van der Waals surface area contributed by atoms with Crippen LogP contribution in [0, 0.1) is 10.1 Å². The van der Waals surface area contributed by atoms with Crippen molar-refractivity contribution in [3.63, 3.8) is 0 Å². The van der Waals surface area contributed by atoms with Crippen molar-refractivity contribution in [2.24, 2.45) is 5.10 Å². The predicted molar refractivity (Wildman–Crippen MR) is 108 cm³/mol. The van der Waals surface area contributed by atoms with Gasteiger partial charge in [-0.1, -0.05) is 0 Å². The molecule has 1 atom stereocenters. The number of nitrogens with one attached hydrogen (secondary N) is 2. The summed E-state index contributed by atoms with van der Waals surface area (Å²) >= 11 is 0. The van der Waals surface area contributed by atoms with Gasteiger partial charge in [0.15, 0.2) is 11.5 Å². The number of nitro benzene ring substituents is 1. The van der Waals surface area contributed by atoms with Crippen molar-refractivity contribution in [2.45, 2.75) is 19.9 Å². The molecule has 2 aromatic carbocycles. The summed E-state index contributed by atoms with van der Waals surface area (Å²) in [6.07, 6.45) is 1.10. The third-order valence-electron chi connectivity index (χ3n) is 3.84. The van der Waals surface area contributed by atoms with E-state index >= 15 is 0 Å². The highest BCUT2D eigenvalue weighted by molar-refractivity contribution is 5.89. The highest BCUT2D eigenvalue weighted by Gasteiger charge is 2.16. The van der Waals surface area contributed by atoms with E-state index in [-0.39, 0.29) is 22.7 Å². The fourth-order valence-electron chi connectivity index (χ4n) is 2.37. The number of carbonyl (C=O) groups excluding carboxylic acids is 1. The Kier molecular flexibility index (Phi) is 7.35. The van der Waals surface area contributed by atoms with Gasteiger partial charge in [0.2, 0.25) is 0 Å². The number of methoxy groups -OCH3 is 1. The summed E-state index contributed by atoms with van der Waals surface area (Å²) in [7, 11) is 1.27. The van der Waals surface area contributed by atoms with E-state index in [1.54, 1.807) is 31.2 Å². The van der Waals surface area contributed by atoms with Crippen LogP contribution in [-0.2, 0) is 4.79 Å². The van der Waals surface area contributed by atoms with Crippen molar-refractivity contribution in [1.29, 1.82) is 0 Å². The Bertz CT molecular complexity index is 898. The van der Waals surface area contributed by atoms with E-state index in [1.165, 1.54) is 7.11 Å². The molecule has 2 aromatic rings. The van der Waals surface area contributed by atoms with E-state index in [0.717, 1.165) is 29.8 Å². The average Bonchev–Trinajstić information content (AvgIpc) is 2.70. The number of aromatic hydroxyl groups is 1. The van der Waals surface area contributed by atoms with Crippen LogP contribution < -0.4 is 20.2 Å². The predicted octanol–water partition coefficient (Wildman–Crippen LogP) is 2.66. The van der Waals surface area contributed by atoms with Crippen molar-refractivity contribution < 1.29 is 24.3 Å². The zero-order valence-electron chi connectivity index (χ0n) is 16.2. The quantitative estimate of drug-likeness (QED) is 0.333. The van der Waals surface area contributed by atoms with Gasteiger partial charge in [-0.05, 0) is 38.1 Å². The molecule has 2 rings (SSSR count). The summed E-state index contributed by atoms with van der Waals surface area (Å²) in [5, 5.41) is 27.8. The second-order valence-electron chi connectivity index (χ2n) is 5.90. The fraction of sp³-hybridized carbons (Fsp3) is 0.263. The summed E-state index contributed by atoms with van der Waals surface area (Å²) in [5.41, 5.74) is 2.79. The molecular formula is C19H22N4O6. The smallest absolute Gasteiger partial charge is 0.274 e. The summed E-state index contributed by atoms with van der Waals surface area (Å²) in [6, 6.07) is 8.73. The molecule has 154 valence electrons. The minimum Gasteiger partial charge on any atom is -0.504 e. The number of anilines is 1. The molecule has 0 fully saturated rings. The molecule has 3 N–H and O–H groups in total. The second kappa shape index (κ2) is 9.93. The zero-order valence-corrected chi connectivity index (χ0v) is 16.2. The Labute approximate surface area is 167 Å². The van der Waals surface area contributed by atoms with Crippen LogP contribution >= 0.6 is 0 Å². The van der Waals surface area contributed by atoms with Gasteiger partial charge in [-0.15, -0.1) is 0 Å². The monoisotopic (exact) mass is 402 g/mol. The normalized spacial score (nSPS) is 11.7. The molecule has 0 aliphatic rings. The number of rotatable bonds is 9. The maximum absolute atomic E-state index is 12.2. The maximum atomic E-state index is 12.2. The van der Waals surface area contributed by atoms with Gasteiger partial charge in [-0.2, -0.15) is 5.10 Å². The number of amides is 1. The van der Waals surface area contributed by atoms with Crippen LogP contribution in [0.1, 0.15) is 19.4 Å². The van der Waals surface area contributed by atoms with Crippen molar-refractivity contribution >= 4 is 23.5 Å². The van der Waals surface area contributed by atoms with E-state index in [1.807, 2.05) is 6.92 Å². The lowest BCUT2D eigenvalue weighted by Crippen LogP contribution is -2.34. The van der Waals surface area contributed by atoms with Crippen LogP contribution in [0.3, 0.4) is 0 Å². The van der Waals surface area contributed by atoms with Crippen LogP contribution in [0.5, 0.6) is 17.2 Å². The number of nitrogens with zero attached hydrogens (tertiary/aromatic N) is 2. The minimum absolute atomic E-state index is 0.0310. The molecule has 29 heavy (non-hydrogen) atoms. The molecule has 0 heterocycles. The van der Waals surface area contributed by atoms with Gasteiger partial charge in [-0.3, -0.25) is 14.9 Å². The highest BCUT2D eigenvalue weighted by atomic mass is 16.6. The van der Waals surface area contributed by atoms with Crippen LogP contribution in [0.15, 0.2) is 41.5 Å². The molecule has 0 bridgehead atoms. The topological polar surface area (TPSA) is 135 Å². The standard InChI is InChI=1S/C19H22N4O6/c1-4-29-16-7-5-14(6-8-16)21-12(2)19(25)22-20-11-13-9-15(23(26)27)10-17(28-3)18(13)24/h5-12,21,24H,4H2,1-3H3,(H,22,25)/b20-11-/t12-/m0/s1. The van der Waals surface area contributed by atoms with Crippen molar-refractivity contribution in [1.82, 2.24) is 5.43 Å². The zero-order chi connectivity index (χ0) is 21.4. The molecule has 0 aliphatic heterocycles. The summed E-state index contributed by atoms with van der Waals surface area (Å²) in [4.78, 5) is 22.5. The number of nitro groups is 1. The molecule has 10 nitrogen and oxygen atoms in total. The molecule has 0 aromatic heterocycles. The van der Waals surface area contributed by atoms with Crippen molar-refractivity contribution in [3.05, 3.63) is 52.1 Å². The highest BCUT2D eigenvalue weighted by Crippen LogP contribution is 2.33. The summed E-state index contributed by atoms with van der Waals surface area (Å²) in [6.45, 7) is 4.10. The van der Waals surface area contributed by atoms with Gasteiger partial charge in [0.05, 0.1) is 30.9 Å². The number of hydrogen-bond donors (Lipinski definition) is 3. The van der Waals surface area contributed by atoms with Gasteiger partial charge >= 0.3 is 0 Å². The first-order chi connectivity index (χ1) is 13.8. The van der Waals surface area contributed by atoms with E-state index < -0.39 is 16.9 Å². The Morgan fingerprint density at radius 3 is 2.62 bits per heavy atom. The Balaban J connectivity index is 2.01. The van der Waals surface area contributed by atoms with E-state index in [4.69, 9.17) is 9.47 Å². The van der Waals surface area contributed by atoms with Crippen molar-refractivity contribution in [2.75, 3.05) is 19.0 Å². The average molecular weight is 402 g/mol. The van der Waals surface area contributed by atoms with Crippen LogP contribution in [0.2, 0.25) is 0 Å². The molecule has 0 saturated heterocycles. The van der Waals surface area contributed by atoms with E-state index in [0.29, 0.717) is 6.61 Å². The SMILES string of the molecule is CCOc1ccc(N[C@@H](C)C(=O)N/N=C\c2cc([N+](=O)[O-])cc(OC)c2O)cc1. The maximum Gasteiger partial charge on any atom is 0.274 e. The molecule has 0 radical (unpaired) electrons. The van der Waals surface area contributed by atoms with Gasteiger partial charge in [0.1, 0.15) is 11.8 Å². The number of non-ortho nitro benzene ring substituents is 1. The van der Waals surface area contributed by atoms with Crippen molar-refractivity contribution in [3.8, 4) is 17.2 Å². The van der Waals surface area contributed by atoms with Gasteiger partial charge in [0.25, 0.3) is 11.6 Å². The number of phenolic OH excluding ortho intramolecular Hbond substituents is 1. The van der Waals surface area contributed by atoms with E-state index in [2.05, 4.69) is 15.8 Å². The lowest BCUT2D eigenvalue weighted by atomic mass is 10.2. The lowest BCUT2D eigenvalue weighted by Gasteiger charge is -2.14. The number of hydrogen-bond acceptors (Lipinski definition) is 8. The third kappa shape index (κ3) is 5.83. The Morgan fingerprint density at radius 2 is 2.03 bits per heavy atom. The largest absolute Gasteiger partial charge is 0.504 e. The van der Waals surface area contributed by atoms with Gasteiger partial charge in [0, 0.05) is 17.3 Å². The number of hydrazone groups is 1. The summed E-state index contributed by atoms with van der Waals surface area (Å²) < 4.78 is 10.3. The third-order valence-corrected chi connectivity index (χ3v) is 3.84. The van der Waals surface area contributed by atoms with Gasteiger partial charge in [-0.25, -0.2) is 5.43 Å². The Hall–Kier alpha value is -3.82. The molecule has 0 saturated carbocycles. The molecule has 0 unspecified atom stereocenters. The van der Waals surface area contributed by atoms with Crippen LogP contribution in [0.4, 0.5) is 11.4 Å². The Morgan fingerprint density at radius 1 is 1.34 bits per heavy atom. The molecule has 0 aliphatic carbocycles. The second-order valence-corrected chi connectivity index (χ2v) is 5.90. The van der Waals surface area contributed by atoms with Crippen LogP contribution in [0.25, 0.3) is 0 Å². The molecule has 10 heteroatoms. The first-order valence-electron chi connectivity index (χ1n) is 8.73. The first kappa shape index (κ1) is 21.5. The fourth-order valence-corrected chi connectivity index (χ4v) is 2.37. The number of phenols is 1. The molecular weight excluding hydrogens is 380 g/mol. The lowest BCUT2D eigenvalue weighted by molar-refractivity contribution is -0.385. The minimum atomic E-state index is -0.624.